The number of nitro benzene ring substituents is 1. The normalized spacial score (nSPS) is 10.6. The molecule has 0 radical (unpaired) electrons. The van der Waals surface area contributed by atoms with Gasteiger partial charge in [0.25, 0.3) is 17.5 Å². The number of nitro groups is 1. The molecule has 140 valence electrons. The lowest BCUT2D eigenvalue weighted by Gasteiger charge is -2.07. The zero-order valence-corrected chi connectivity index (χ0v) is 15.5. The van der Waals surface area contributed by atoms with Crippen molar-refractivity contribution in [2.24, 2.45) is 5.10 Å². The van der Waals surface area contributed by atoms with Crippen LogP contribution in [0.1, 0.15) is 21.5 Å². The van der Waals surface area contributed by atoms with Crippen molar-refractivity contribution in [3.05, 3.63) is 73.2 Å². The average Bonchev–Trinajstić information content (AvgIpc) is 2.61. The van der Waals surface area contributed by atoms with E-state index in [9.17, 15) is 19.7 Å². The van der Waals surface area contributed by atoms with Gasteiger partial charge in [-0.15, -0.1) is 0 Å². The van der Waals surface area contributed by atoms with E-state index >= 15 is 0 Å². The highest BCUT2D eigenvalue weighted by molar-refractivity contribution is 6.36. The highest BCUT2D eigenvalue weighted by Gasteiger charge is 2.18. The Labute approximate surface area is 164 Å². The Morgan fingerprint density at radius 3 is 2.67 bits per heavy atom. The second-order valence-electron chi connectivity index (χ2n) is 5.35. The summed E-state index contributed by atoms with van der Waals surface area (Å²) in [6, 6.07) is 8.94. The van der Waals surface area contributed by atoms with Gasteiger partial charge in [-0.2, -0.15) is 5.10 Å². The van der Waals surface area contributed by atoms with Gasteiger partial charge in [0.2, 0.25) is 0 Å². The number of nitrogens with one attached hydrogen (secondary N) is 2. The highest BCUT2D eigenvalue weighted by atomic mass is 35.5. The lowest BCUT2D eigenvalue weighted by atomic mass is 10.1. The summed E-state index contributed by atoms with van der Waals surface area (Å²) in [7, 11) is 0. The van der Waals surface area contributed by atoms with Gasteiger partial charge >= 0.3 is 0 Å². The maximum atomic E-state index is 12.1. The van der Waals surface area contributed by atoms with Gasteiger partial charge in [-0.1, -0.05) is 35.3 Å². The Balaban J connectivity index is 1.92. The average molecular weight is 409 g/mol. The number of hydrazone groups is 1. The first-order valence-electron chi connectivity index (χ1n) is 7.58. The van der Waals surface area contributed by atoms with Gasteiger partial charge in [-0.3, -0.25) is 19.7 Å². The molecular weight excluding hydrogens is 395 g/mol. The Morgan fingerprint density at radius 2 is 2.00 bits per heavy atom. The molecule has 0 aliphatic carbocycles. The summed E-state index contributed by atoms with van der Waals surface area (Å²) < 4.78 is 0. The molecule has 27 heavy (non-hydrogen) atoms. The molecule has 2 aromatic carbocycles. The first kappa shape index (κ1) is 20.3. The van der Waals surface area contributed by atoms with E-state index in [2.05, 4.69) is 15.8 Å². The third-order valence-corrected chi connectivity index (χ3v) is 4.07. The Kier molecular flexibility index (Phi) is 6.86. The first-order valence-corrected chi connectivity index (χ1v) is 8.34. The van der Waals surface area contributed by atoms with Gasteiger partial charge < -0.3 is 5.32 Å². The van der Waals surface area contributed by atoms with Crippen LogP contribution in [0.15, 0.2) is 41.5 Å². The molecular formula is C17H14Cl2N4O4. The fourth-order valence-electron chi connectivity index (χ4n) is 2.14. The third kappa shape index (κ3) is 5.50. The van der Waals surface area contributed by atoms with Crippen molar-refractivity contribution >= 4 is 46.9 Å². The molecule has 0 aliphatic rings. The van der Waals surface area contributed by atoms with E-state index in [0.29, 0.717) is 15.6 Å². The lowest BCUT2D eigenvalue weighted by molar-refractivity contribution is -0.385. The van der Waals surface area contributed by atoms with Crippen molar-refractivity contribution in [1.29, 1.82) is 0 Å². The first-order chi connectivity index (χ1) is 12.8. The second-order valence-corrected chi connectivity index (χ2v) is 6.19. The van der Waals surface area contributed by atoms with Crippen LogP contribution in [0, 0.1) is 17.0 Å². The van der Waals surface area contributed by atoms with E-state index in [4.69, 9.17) is 23.2 Å². The van der Waals surface area contributed by atoms with Crippen molar-refractivity contribution in [1.82, 2.24) is 10.7 Å². The van der Waals surface area contributed by atoms with E-state index in [1.54, 1.807) is 12.1 Å². The van der Waals surface area contributed by atoms with Gasteiger partial charge in [0.1, 0.15) is 0 Å². The number of amides is 2. The maximum absolute atomic E-state index is 12.1. The number of rotatable bonds is 6. The number of nitrogens with zero attached hydrogens (tertiary/aromatic N) is 2. The molecule has 2 N–H and O–H groups in total. The summed E-state index contributed by atoms with van der Waals surface area (Å²) in [6.45, 7) is 1.11. The standard InChI is InChI=1S/C17H14Cl2N4O4/c1-10-13(3-2-4-15(10)23(26)27)17(25)20-9-16(24)22-21-8-11-5-6-12(18)7-14(11)19/h2-8H,9H2,1H3,(H,20,25)(H,22,24)/b21-8-. The van der Waals surface area contributed by atoms with Crippen LogP contribution >= 0.6 is 23.2 Å². The molecule has 0 atom stereocenters. The molecule has 0 bridgehead atoms. The molecule has 2 aromatic rings. The van der Waals surface area contributed by atoms with Crippen molar-refractivity contribution in [2.75, 3.05) is 6.54 Å². The van der Waals surface area contributed by atoms with Gasteiger partial charge in [0.05, 0.1) is 22.7 Å². The van der Waals surface area contributed by atoms with Crippen molar-refractivity contribution in [2.45, 2.75) is 6.92 Å². The molecule has 0 aliphatic heterocycles. The van der Waals surface area contributed by atoms with Crippen LogP contribution in [0.2, 0.25) is 10.0 Å². The molecule has 0 aromatic heterocycles. The van der Waals surface area contributed by atoms with Gasteiger partial charge in [-0.25, -0.2) is 5.43 Å². The number of halogens is 2. The fourth-order valence-corrected chi connectivity index (χ4v) is 2.60. The van der Waals surface area contributed by atoms with Crippen LogP contribution in [0.4, 0.5) is 5.69 Å². The highest BCUT2D eigenvalue weighted by Crippen LogP contribution is 2.21. The molecule has 10 heteroatoms. The van der Waals surface area contributed by atoms with E-state index in [0.717, 1.165) is 0 Å². The summed E-state index contributed by atoms with van der Waals surface area (Å²) in [4.78, 5) is 34.2. The second kappa shape index (κ2) is 9.11. The van der Waals surface area contributed by atoms with Crippen LogP contribution in [-0.2, 0) is 4.79 Å². The summed E-state index contributed by atoms with van der Waals surface area (Å²) in [6.07, 6.45) is 1.34. The molecule has 0 heterocycles. The lowest BCUT2D eigenvalue weighted by Crippen LogP contribution is -2.35. The van der Waals surface area contributed by atoms with Crippen LogP contribution in [-0.4, -0.2) is 29.5 Å². The van der Waals surface area contributed by atoms with E-state index < -0.39 is 16.7 Å². The molecule has 0 fully saturated rings. The fraction of sp³-hybridized carbons (Fsp3) is 0.118. The molecule has 2 amide bonds. The number of carbonyl (C=O) groups is 2. The summed E-state index contributed by atoms with van der Waals surface area (Å²) in [5.41, 5.74) is 2.96. The minimum Gasteiger partial charge on any atom is -0.343 e. The van der Waals surface area contributed by atoms with Gasteiger partial charge in [0.15, 0.2) is 0 Å². The SMILES string of the molecule is Cc1c(C(=O)NCC(=O)N/N=C\c2ccc(Cl)cc2Cl)cccc1[N+](=O)[O-]. The zero-order valence-electron chi connectivity index (χ0n) is 14.0. The van der Waals surface area contributed by atoms with Gasteiger partial charge in [0, 0.05) is 27.8 Å². The number of carbonyl (C=O) groups excluding carboxylic acids is 2. The summed E-state index contributed by atoms with van der Waals surface area (Å²) >= 11 is 11.8. The van der Waals surface area contributed by atoms with Crippen LogP contribution in [0.3, 0.4) is 0 Å². The number of hydrogen-bond acceptors (Lipinski definition) is 5. The maximum Gasteiger partial charge on any atom is 0.273 e. The Bertz CT molecular complexity index is 931. The Hall–Kier alpha value is -2.97. The zero-order chi connectivity index (χ0) is 20.0. The molecule has 0 saturated heterocycles. The molecule has 0 saturated carbocycles. The van der Waals surface area contributed by atoms with Crippen molar-refractivity contribution in [3.63, 3.8) is 0 Å². The third-order valence-electron chi connectivity index (χ3n) is 3.51. The van der Waals surface area contributed by atoms with Crippen LogP contribution in [0.5, 0.6) is 0 Å². The molecule has 2 rings (SSSR count). The van der Waals surface area contributed by atoms with E-state index in [-0.39, 0.29) is 23.4 Å². The van der Waals surface area contributed by atoms with Crippen molar-refractivity contribution in [3.8, 4) is 0 Å². The van der Waals surface area contributed by atoms with E-state index in [1.165, 1.54) is 37.4 Å². The Morgan fingerprint density at radius 1 is 1.26 bits per heavy atom. The summed E-state index contributed by atoms with van der Waals surface area (Å²) in [5, 5.41) is 17.9. The van der Waals surface area contributed by atoms with Crippen molar-refractivity contribution < 1.29 is 14.5 Å². The van der Waals surface area contributed by atoms with Crippen LogP contribution < -0.4 is 10.7 Å². The van der Waals surface area contributed by atoms with Crippen LogP contribution in [0.25, 0.3) is 0 Å². The number of hydrogen-bond donors (Lipinski definition) is 2. The predicted molar refractivity (Wildman–Crippen MR) is 102 cm³/mol. The topological polar surface area (TPSA) is 114 Å². The molecule has 0 unspecified atom stereocenters. The number of benzene rings is 2. The molecule has 8 nitrogen and oxygen atoms in total. The quantitative estimate of drug-likeness (QED) is 0.434. The largest absolute Gasteiger partial charge is 0.343 e. The summed E-state index contributed by atoms with van der Waals surface area (Å²) in [5.74, 6) is -1.18. The minimum atomic E-state index is -0.601. The molecule has 0 spiro atoms. The monoisotopic (exact) mass is 408 g/mol. The van der Waals surface area contributed by atoms with E-state index in [1.807, 2.05) is 0 Å². The van der Waals surface area contributed by atoms with Gasteiger partial charge in [-0.05, 0) is 25.1 Å². The minimum absolute atomic E-state index is 0.119. The smallest absolute Gasteiger partial charge is 0.273 e. The predicted octanol–water partition coefficient (Wildman–Crippen LogP) is 3.09.